The number of nitrogens with two attached hydrogens (primary N) is 2. The summed E-state index contributed by atoms with van der Waals surface area (Å²) in [6.07, 6.45) is 0.236. The molecule has 6 heteroatoms. The van der Waals surface area contributed by atoms with Crippen LogP contribution in [-0.2, 0) is 4.79 Å². The number of anilines is 2. The molecule has 5 N–H and O–H groups in total. The van der Waals surface area contributed by atoms with Crippen LogP contribution in [0.4, 0.5) is 11.4 Å². The Balaban J connectivity index is 2.69. The van der Waals surface area contributed by atoms with Crippen molar-refractivity contribution in [3.63, 3.8) is 0 Å². The van der Waals surface area contributed by atoms with Gasteiger partial charge in [-0.25, -0.2) is 0 Å². The van der Waals surface area contributed by atoms with Gasteiger partial charge in [0.05, 0.1) is 21.4 Å². The minimum absolute atomic E-state index is 0.236. The Kier molecular flexibility index (Phi) is 4.05. The highest BCUT2D eigenvalue weighted by atomic mass is 35.5. The lowest BCUT2D eigenvalue weighted by atomic mass is 10.2. The molecule has 0 spiro atoms. The zero-order valence-electron chi connectivity index (χ0n) is 7.89. The quantitative estimate of drug-likeness (QED) is 0.711. The number of benzene rings is 1. The molecule has 0 atom stereocenters. The van der Waals surface area contributed by atoms with Gasteiger partial charge in [-0.1, -0.05) is 23.2 Å². The highest BCUT2D eigenvalue weighted by molar-refractivity contribution is 6.42. The summed E-state index contributed by atoms with van der Waals surface area (Å²) < 4.78 is 0. The van der Waals surface area contributed by atoms with Gasteiger partial charge in [0.25, 0.3) is 0 Å². The Hall–Kier alpha value is -1.13. The standard InChI is InChI=1S/C9H11Cl2N3O/c10-5-3-7(12)8(4-6(5)11)14-2-1-9(13)15/h3-4,14H,1-2,12H2,(H2,13,15). The van der Waals surface area contributed by atoms with E-state index < -0.39 is 0 Å². The number of rotatable bonds is 4. The predicted octanol–water partition coefficient (Wildman–Crippen LogP) is 1.86. The third kappa shape index (κ3) is 3.49. The van der Waals surface area contributed by atoms with Gasteiger partial charge < -0.3 is 16.8 Å². The van der Waals surface area contributed by atoms with Crippen LogP contribution in [0.15, 0.2) is 12.1 Å². The van der Waals surface area contributed by atoms with E-state index in [9.17, 15) is 4.79 Å². The van der Waals surface area contributed by atoms with Crippen molar-refractivity contribution in [2.45, 2.75) is 6.42 Å². The number of primary amides is 1. The van der Waals surface area contributed by atoms with Crippen molar-refractivity contribution in [1.29, 1.82) is 0 Å². The summed E-state index contributed by atoms with van der Waals surface area (Å²) in [7, 11) is 0. The van der Waals surface area contributed by atoms with Gasteiger partial charge in [-0.3, -0.25) is 4.79 Å². The van der Waals surface area contributed by atoms with Crippen LogP contribution in [0.2, 0.25) is 10.0 Å². The van der Waals surface area contributed by atoms with E-state index in [4.69, 9.17) is 34.7 Å². The molecule has 0 aliphatic rings. The summed E-state index contributed by atoms with van der Waals surface area (Å²) in [6.45, 7) is 0.414. The van der Waals surface area contributed by atoms with Gasteiger partial charge in [0.1, 0.15) is 0 Å². The van der Waals surface area contributed by atoms with Gasteiger partial charge in [0, 0.05) is 13.0 Å². The average Bonchev–Trinajstić information content (AvgIpc) is 2.13. The SMILES string of the molecule is NC(=O)CCNc1cc(Cl)c(Cl)cc1N. The molecule has 1 amide bonds. The fourth-order valence-corrected chi connectivity index (χ4v) is 1.37. The van der Waals surface area contributed by atoms with Crippen LogP contribution < -0.4 is 16.8 Å². The number of nitrogens with one attached hydrogen (secondary N) is 1. The second-order valence-electron chi connectivity index (χ2n) is 3.00. The summed E-state index contributed by atoms with van der Waals surface area (Å²) in [5, 5.41) is 3.75. The molecular weight excluding hydrogens is 237 g/mol. The summed E-state index contributed by atoms with van der Waals surface area (Å²) in [5.41, 5.74) is 11.8. The first-order valence-electron chi connectivity index (χ1n) is 4.27. The molecule has 0 heterocycles. The first kappa shape index (κ1) is 11.9. The average molecular weight is 248 g/mol. The largest absolute Gasteiger partial charge is 0.397 e. The fraction of sp³-hybridized carbons (Fsp3) is 0.222. The number of hydrogen-bond donors (Lipinski definition) is 3. The summed E-state index contributed by atoms with van der Waals surface area (Å²) in [6, 6.07) is 3.16. The van der Waals surface area contributed by atoms with E-state index in [0.717, 1.165) is 0 Å². The molecule has 1 rings (SSSR count). The maximum atomic E-state index is 10.5. The molecule has 0 radical (unpaired) electrons. The molecule has 0 unspecified atom stereocenters. The molecular formula is C9H11Cl2N3O. The molecule has 4 nitrogen and oxygen atoms in total. The van der Waals surface area contributed by atoms with E-state index in [-0.39, 0.29) is 12.3 Å². The van der Waals surface area contributed by atoms with E-state index >= 15 is 0 Å². The highest BCUT2D eigenvalue weighted by Crippen LogP contribution is 2.30. The molecule has 0 aromatic heterocycles. The summed E-state index contributed by atoms with van der Waals surface area (Å²) in [4.78, 5) is 10.5. The first-order valence-corrected chi connectivity index (χ1v) is 5.03. The van der Waals surface area contributed by atoms with Crippen molar-refractivity contribution < 1.29 is 4.79 Å². The third-order valence-electron chi connectivity index (χ3n) is 1.78. The van der Waals surface area contributed by atoms with Crippen LogP contribution in [0.5, 0.6) is 0 Å². The van der Waals surface area contributed by atoms with Crippen molar-refractivity contribution in [3.05, 3.63) is 22.2 Å². The van der Waals surface area contributed by atoms with Gasteiger partial charge in [0.15, 0.2) is 0 Å². The number of amides is 1. The monoisotopic (exact) mass is 247 g/mol. The summed E-state index contributed by atoms with van der Waals surface area (Å²) >= 11 is 11.6. The molecule has 0 aliphatic heterocycles. The lowest BCUT2D eigenvalue weighted by Crippen LogP contribution is -2.16. The molecule has 0 fully saturated rings. The zero-order valence-corrected chi connectivity index (χ0v) is 9.40. The van der Waals surface area contributed by atoms with Gasteiger partial charge >= 0.3 is 0 Å². The van der Waals surface area contributed by atoms with Gasteiger partial charge in [0.2, 0.25) is 5.91 Å². The Morgan fingerprint density at radius 1 is 1.33 bits per heavy atom. The Labute approximate surface area is 97.5 Å². The van der Waals surface area contributed by atoms with E-state index in [1.807, 2.05) is 0 Å². The van der Waals surface area contributed by atoms with Gasteiger partial charge in [-0.2, -0.15) is 0 Å². The minimum atomic E-state index is -0.374. The molecule has 0 saturated carbocycles. The van der Waals surface area contributed by atoms with E-state index in [0.29, 0.717) is 28.0 Å². The van der Waals surface area contributed by atoms with E-state index in [2.05, 4.69) is 5.32 Å². The maximum absolute atomic E-state index is 10.5. The predicted molar refractivity (Wildman–Crippen MR) is 63.2 cm³/mol. The highest BCUT2D eigenvalue weighted by Gasteiger charge is 2.04. The van der Waals surface area contributed by atoms with E-state index in [1.54, 1.807) is 12.1 Å². The van der Waals surface area contributed by atoms with Crippen molar-refractivity contribution in [3.8, 4) is 0 Å². The van der Waals surface area contributed by atoms with Crippen molar-refractivity contribution in [2.75, 3.05) is 17.6 Å². The molecule has 1 aromatic carbocycles. The number of hydrogen-bond acceptors (Lipinski definition) is 3. The van der Waals surface area contributed by atoms with E-state index in [1.165, 1.54) is 0 Å². The van der Waals surface area contributed by atoms with Crippen LogP contribution in [0.1, 0.15) is 6.42 Å². The molecule has 0 saturated heterocycles. The Morgan fingerprint density at radius 3 is 2.53 bits per heavy atom. The maximum Gasteiger partial charge on any atom is 0.219 e. The molecule has 15 heavy (non-hydrogen) atoms. The van der Waals surface area contributed by atoms with Crippen LogP contribution in [0.3, 0.4) is 0 Å². The Morgan fingerprint density at radius 2 is 1.93 bits per heavy atom. The lowest BCUT2D eigenvalue weighted by molar-refractivity contribution is -0.117. The summed E-state index contributed by atoms with van der Waals surface area (Å²) in [5.74, 6) is -0.374. The molecule has 82 valence electrons. The second-order valence-corrected chi connectivity index (χ2v) is 3.81. The normalized spacial score (nSPS) is 10.0. The van der Waals surface area contributed by atoms with Crippen molar-refractivity contribution in [1.82, 2.24) is 0 Å². The lowest BCUT2D eigenvalue weighted by Gasteiger charge is -2.09. The molecule has 1 aromatic rings. The van der Waals surface area contributed by atoms with Crippen LogP contribution in [-0.4, -0.2) is 12.5 Å². The van der Waals surface area contributed by atoms with Crippen molar-refractivity contribution >= 4 is 40.5 Å². The number of nitrogen functional groups attached to an aromatic ring is 1. The first-order chi connectivity index (χ1) is 7.00. The minimum Gasteiger partial charge on any atom is -0.397 e. The topological polar surface area (TPSA) is 81.1 Å². The second kappa shape index (κ2) is 5.09. The zero-order chi connectivity index (χ0) is 11.4. The van der Waals surface area contributed by atoms with Crippen LogP contribution in [0, 0.1) is 0 Å². The number of carbonyl (C=O) groups excluding carboxylic acids is 1. The fourth-order valence-electron chi connectivity index (χ4n) is 1.04. The van der Waals surface area contributed by atoms with Crippen LogP contribution >= 0.6 is 23.2 Å². The Bertz CT molecular complexity index is 382. The number of carbonyl (C=O) groups is 1. The third-order valence-corrected chi connectivity index (χ3v) is 2.50. The van der Waals surface area contributed by atoms with Gasteiger partial charge in [-0.05, 0) is 12.1 Å². The number of halogens is 2. The smallest absolute Gasteiger partial charge is 0.219 e. The van der Waals surface area contributed by atoms with Crippen LogP contribution in [0.25, 0.3) is 0 Å². The van der Waals surface area contributed by atoms with Gasteiger partial charge in [-0.15, -0.1) is 0 Å². The molecule has 0 aliphatic carbocycles. The van der Waals surface area contributed by atoms with Crippen molar-refractivity contribution in [2.24, 2.45) is 5.73 Å². The molecule has 0 bridgehead atoms.